The third-order valence-corrected chi connectivity index (χ3v) is 6.23. The summed E-state index contributed by atoms with van der Waals surface area (Å²) in [7, 11) is 0. The van der Waals surface area contributed by atoms with Crippen molar-refractivity contribution in [3.05, 3.63) is 23.8 Å². The van der Waals surface area contributed by atoms with Crippen molar-refractivity contribution >= 4 is 35.9 Å². The van der Waals surface area contributed by atoms with Crippen LogP contribution in [0, 0.1) is 11.8 Å². The maximum Gasteiger partial charge on any atom is 0.332 e. The van der Waals surface area contributed by atoms with Crippen LogP contribution in [0.4, 0.5) is 5.69 Å². The Morgan fingerprint density at radius 2 is 1.79 bits per heavy atom. The van der Waals surface area contributed by atoms with Crippen LogP contribution in [0.2, 0.25) is 0 Å². The molecule has 1 aliphatic heterocycles. The summed E-state index contributed by atoms with van der Waals surface area (Å²) in [5.41, 5.74) is -0.215. The summed E-state index contributed by atoms with van der Waals surface area (Å²) < 4.78 is 16.9. The smallest absolute Gasteiger partial charge is 0.332 e. The van der Waals surface area contributed by atoms with Crippen molar-refractivity contribution in [2.24, 2.45) is 11.8 Å². The van der Waals surface area contributed by atoms with Gasteiger partial charge in [-0.25, -0.2) is 4.79 Å². The predicted octanol–water partition coefficient (Wildman–Crippen LogP) is 3.09. The standard InChI is InChI=1S/C27H38N2O9/c1-6-7-8-10-19-24(38-21(31)13-15(2)3)17(5)37-27(35)22(16(4)36-26(19)34)29-25(33)18-11-9-12-20(23(18)32)28-14-30/h9,11-12,14-17,19,22,24,32H,6-8,10,13H2,1-5H3,(H,28,30)(H,29,33). The van der Waals surface area contributed by atoms with Crippen LogP contribution in [-0.4, -0.2) is 59.7 Å². The number of esters is 3. The number of phenolic OH excluding ortho intramolecular Hbond substituents is 1. The van der Waals surface area contributed by atoms with Crippen molar-refractivity contribution in [2.75, 3.05) is 5.32 Å². The first kappa shape index (κ1) is 30.6. The summed E-state index contributed by atoms with van der Waals surface area (Å²) >= 11 is 0. The molecule has 3 N–H and O–H groups in total. The van der Waals surface area contributed by atoms with Gasteiger partial charge in [-0.3, -0.25) is 19.2 Å². The summed E-state index contributed by atoms with van der Waals surface area (Å²) in [6.07, 6.45) is 0.0639. The van der Waals surface area contributed by atoms with E-state index in [0.717, 1.165) is 12.8 Å². The summed E-state index contributed by atoms with van der Waals surface area (Å²) in [5.74, 6) is -4.27. The molecule has 210 valence electrons. The fraction of sp³-hybridized carbons (Fsp3) is 0.593. The van der Waals surface area contributed by atoms with Crippen LogP contribution in [0.15, 0.2) is 18.2 Å². The molecule has 1 saturated heterocycles. The quantitative estimate of drug-likeness (QED) is 0.128. The predicted molar refractivity (Wildman–Crippen MR) is 137 cm³/mol. The van der Waals surface area contributed by atoms with Gasteiger partial charge in [-0.1, -0.05) is 46.1 Å². The first-order chi connectivity index (χ1) is 18.0. The molecule has 11 heteroatoms. The minimum Gasteiger partial charge on any atom is -0.505 e. The highest BCUT2D eigenvalue weighted by Crippen LogP contribution is 2.29. The zero-order valence-electron chi connectivity index (χ0n) is 22.5. The highest BCUT2D eigenvalue weighted by Gasteiger charge is 2.43. The van der Waals surface area contributed by atoms with Crippen LogP contribution in [0.3, 0.4) is 0 Å². The van der Waals surface area contributed by atoms with Crippen LogP contribution in [0.5, 0.6) is 5.75 Å². The first-order valence-electron chi connectivity index (χ1n) is 12.9. The Bertz CT molecular complexity index is 1010. The van der Waals surface area contributed by atoms with Crippen LogP contribution in [-0.2, 0) is 33.4 Å². The van der Waals surface area contributed by atoms with Crippen molar-refractivity contribution in [3.63, 3.8) is 0 Å². The summed E-state index contributed by atoms with van der Waals surface area (Å²) in [6.45, 7) is 8.70. The van der Waals surface area contributed by atoms with Crippen molar-refractivity contribution < 1.29 is 43.3 Å². The van der Waals surface area contributed by atoms with Gasteiger partial charge < -0.3 is 30.0 Å². The number of hydrogen-bond acceptors (Lipinski definition) is 9. The molecule has 38 heavy (non-hydrogen) atoms. The molecule has 0 aromatic heterocycles. The molecule has 1 fully saturated rings. The number of benzene rings is 1. The Labute approximate surface area is 222 Å². The van der Waals surface area contributed by atoms with E-state index in [0.29, 0.717) is 19.3 Å². The van der Waals surface area contributed by atoms with Gasteiger partial charge in [0, 0.05) is 6.42 Å². The summed E-state index contributed by atoms with van der Waals surface area (Å²) in [5, 5.41) is 15.1. The monoisotopic (exact) mass is 534 g/mol. The topological polar surface area (TPSA) is 157 Å². The first-order valence-corrected chi connectivity index (χ1v) is 12.9. The molecule has 0 spiro atoms. The van der Waals surface area contributed by atoms with E-state index < -0.39 is 59.8 Å². The molecular formula is C27H38N2O9. The molecule has 1 aliphatic rings. The molecule has 0 bridgehead atoms. The van der Waals surface area contributed by atoms with Crippen molar-refractivity contribution in [1.82, 2.24) is 5.32 Å². The minimum absolute atomic E-state index is 0.00114. The van der Waals surface area contributed by atoms with Crippen LogP contribution < -0.4 is 10.6 Å². The van der Waals surface area contributed by atoms with Gasteiger partial charge in [0.25, 0.3) is 5.91 Å². The van der Waals surface area contributed by atoms with Gasteiger partial charge in [-0.15, -0.1) is 0 Å². The number of carbonyl (C=O) groups is 5. The van der Waals surface area contributed by atoms with E-state index in [2.05, 4.69) is 10.6 Å². The second-order valence-corrected chi connectivity index (χ2v) is 9.85. The number of phenols is 1. The highest BCUT2D eigenvalue weighted by atomic mass is 16.6. The zero-order chi connectivity index (χ0) is 28.4. The van der Waals surface area contributed by atoms with E-state index in [1.54, 1.807) is 0 Å². The molecular weight excluding hydrogens is 496 g/mol. The summed E-state index contributed by atoms with van der Waals surface area (Å²) in [6, 6.07) is 2.71. The number of rotatable bonds is 11. The second kappa shape index (κ2) is 14.3. The van der Waals surface area contributed by atoms with Crippen molar-refractivity contribution in [2.45, 2.75) is 91.1 Å². The van der Waals surface area contributed by atoms with E-state index in [-0.39, 0.29) is 23.6 Å². The highest BCUT2D eigenvalue weighted by molar-refractivity contribution is 6.01. The number of hydrogen-bond donors (Lipinski definition) is 3. The van der Waals surface area contributed by atoms with E-state index in [9.17, 15) is 29.1 Å². The Morgan fingerprint density at radius 3 is 2.42 bits per heavy atom. The Balaban J connectivity index is 2.34. The Kier molecular flexibility index (Phi) is 11.5. The summed E-state index contributed by atoms with van der Waals surface area (Å²) in [4.78, 5) is 62.7. The molecule has 0 radical (unpaired) electrons. The van der Waals surface area contributed by atoms with Gasteiger partial charge in [0.2, 0.25) is 6.41 Å². The SMILES string of the molecule is CCCCCC1C(=O)OC(C)C(NC(=O)c2cccc(NC=O)c2O)C(=O)OC(C)C1OC(=O)CC(C)C. The lowest BCUT2D eigenvalue weighted by Gasteiger charge is -2.29. The Hall–Kier alpha value is -3.63. The largest absolute Gasteiger partial charge is 0.505 e. The molecule has 5 unspecified atom stereocenters. The van der Waals surface area contributed by atoms with Gasteiger partial charge in [0.15, 0.2) is 17.9 Å². The van der Waals surface area contributed by atoms with Crippen LogP contribution in [0.1, 0.15) is 77.1 Å². The van der Waals surface area contributed by atoms with Gasteiger partial charge >= 0.3 is 17.9 Å². The third kappa shape index (κ3) is 8.19. The number of nitrogens with one attached hydrogen (secondary N) is 2. The van der Waals surface area contributed by atoms with Crippen LogP contribution in [0.25, 0.3) is 0 Å². The van der Waals surface area contributed by atoms with Crippen molar-refractivity contribution in [3.8, 4) is 5.75 Å². The number of para-hydroxylation sites is 1. The lowest BCUT2D eigenvalue weighted by molar-refractivity contribution is -0.175. The fourth-order valence-corrected chi connectivity index (χ4v) is 4.22. The molecule has 2 amide bonds. The lowest BCUT2D eigenvalue weighted by Crippen LogP contribution is -2.50. The maximum absolute atomic E-state index is 13.3. The maximum atomic E-state index is 13.3. The molecule has 0 aliphatic carbocycles. The van der Waals surface area contributed by atoms with Crippen molar-refractivity contribution in [1.29, 1.82) is 0 Å². The molecule has 0 saturated carbocycles. The van der Waals surface area contributed by atoms with E-state index in [4.69, 9.17) is 14.2 Å². The second-order valence-electron chi connectivity index (χ2n) is 9.85. The average molecular weight is 535 g/mol. The van der Waals surface area contributed by atoms with E-state index in [1.165, 1.54) is 32.0 Å². The normalized spacial score (nSPS) is 23.8. The number of anilines is 1. The average Bonchev–Trinajstić information content (AvgIpc) is 2.86. The number of amides is 2. The zero-order valence-corrected chi connectivity index (χ0v) is 22.5. The molecule has 5 atom stereocenters. The number of ether oxygens (including phenoxy) is 3. The van der Waals surface area contributed by atoms with Gasteiger partial charge in [0.05, 0.1) is 17.2 Å². The molecule has 1 aromatic rings. The van der Waals surface area contributed by atoms with E-state index >= 15 is 0 Å². The molecule has 1 heterocycles. The van der Waals surface area contributed by atoms with Gasteiger partial charge in [-0.2, -0.15) is 0 Å². The lowest BCUT2D eigenvalue weighted by atomic mass is 9.92. The van der Waals surface area contributed by atoms with Crippen LogP contribution >= 0.6 is 0 Å². The minimum atomic E-state index is -1.42. The molecule has 2 rings (SSSR count). The molecule has 1 aromatic carbocycles. The van der Waals surface area contributed by atoms with Gasteiger partial charge in [-0.05, 0) is 38.3 Å². The third-order valence-electron chi connectivity index (χ3n) is 6.23. The van der Waals surface area contributed by atoms with Gasteiger partial charge in [0.1, 0.15) is 12.2 Å². The molecule has 11 nitrogen and oxygen atoms in total. The Morgan fingerprint density at radius 1 is 1.11 bits per heavy atom. The van der Waals surface area contributed by atoms with E-state index in [1.807, 2.05) is 20.8 Å². The number of cyclic esters (lactones) is 2. The number of aromatic hydroxyl groups is 1. The fourth-order valence-electron chi connectivity index (χ4n) is 4.22. The number of carbonyl (C=O) groups excluding carboxylic acids is 5. The number of unbranched alkanes of at least 4 members (excludes halogenated alkanes) is 2.